The summed E-state index contributed by atoms with van der Waals surface area (Å²) in [6.45, 7) is 0.717. The number of amides is 1. The number of benzene rings is 1. The van der Waals surface area contributed by atoms with Gasteiger partial charge in [-0.25, -0.2) is 17.7 Å². The first-order valence-corrected chi connectivity index (χ1v) is 9.40. The minimum Gasteiger partial charge on any atom is -0.310 e. The molecule has 0 spiro atoms. The summed E-state index contributed by atoms with van der Waals surface area (Å²) in [5.41, 5.74) is 0.812. The minimum atomic E-state index is -3.26. The maximum absolute atomic E-state index is 12.4. The zero-order valence-corrected chi connectivity index (χ0v) is 13.7. The zero-order valence-electron chi connectivity index (χ0n) is 12.9. The van der Waals surface area contributed by atoms with Crippen molar-refractivity contribution in [2.45, 2.75) is 12.8 Å². The summed E-state index contributed by atoms with van der Waals surface area (Å²) in [6, 6.07) is 11.3. The largest absolute Gasteiger partial charge is 0.310 e. The van der Waals surface area contributed by atoms with E-state index >= 15 is 0 Å². The highest BCUT2D eigenvalue weighted by atomic mass is 32.2. The Morgan fingerprint density at radius 3 is 2.83 bits per heavy atom. The van der Waals surface area contributed by atoms with Crippen LogP contribution < -0.4 is 5.32 Å². The van der Waals surface area contributed by atoms with Gasteiger partial charge in [0, 0.05) is 18.5 Å². The molecule has 1 fully saturated rings. The molecule has 7 heteroatoms. The van der Waals surface area contributed by atoms with Crippen LogP contribution in [0.4, 0.5) is 5.82 Å². The summed E-state index contributed by atoms with van der Waals surface area (Å²) in [5, 5.41) is 3.81. The number of sulfonamides is 1. The number of carbonyl (C=O) groups is 1. The predicted molar refractivity (Wildman–Crippen MR) is 89.5 cm³/mol. The zero-order chi connectivity index (χ0) is 16.4. The van der Waals surface area contributed by atoms with E-state index in [9.17, 15) is 13.2 Å². The van der Waals surface area contributed by atoms with Crippen molar-refractivity contribution < 1.29 is 13.2 Å². The number of carbonyl (C=O) groups excluding carboxylic acids is 1. The van der Waals surface area contributed by atoms with Crippen LogP contribution in [0, 0.1) is 5.92 Å². The Balaban J connectivity index is 1.72. The van der Waals surface area contributed by atoms with Gasteiger partial charge in [0.25, 0.3) is 0 Å². The summed E-state index contributed by atoms with van der Waals surface area (Å²) < 4.78 is 24.7. The van der Waals surface area contributed by atoms with Gasteiger partial charge in [-0.15, -0.1) is 0 Å². The molecule has 3 rings (SSSR count). The van der Waals surface area contributed by atoms with Gasteiger partial charge in [-0.3, -0.25) is 4.79 Å². The Bertz CT molecular complexity index is 835. The molecular formula is C16H19N3O3S. The van der Waals surface area contributed by atoms with Crippen molar-refractivity contribution >= 4 is 32.7 Å². The average molecular weight is 333 g/mol. The van der Waals surface area contributed by atoms with Gasteiger partial charge in [-0.2, -0.15) is 0 Å². The molecule has 122 valence electrons. The number of nitrogens with zero attached hydrogens (tertiary/aromatic N) is 2. The molecule has 0 radical (unpaired) electrons. The van der Waals surface area contributed by atoms with Crippen molar-refractivity contribution in [2.75, 3.05) is 24.7 Å². The summed E-state index contributed by atoms with van der Waals surface area (Å²) in [6.07, 6.45) is 2.56. The molecule has 1 amide bonds. The lowest BCUT2D eigenvalue weighted by Gasteiger charge is -2.29. The molecule has 0 unspecified atom stereocenters. The first-order chi connectivity index (χ1) is 10.9. The number of anilines is 1. The monoisotopic (exact) mass is 333 g/mol. The lowest BCUT2D eigenvalue weighted by Crippen LogP contribution is -2.43. The number of hydrogen-bond donors (Lipinski definition) is 1. The van der Waals surface area contributed by atoms with E-state index in [1.807, 2.05) is 30.3 Å². The van der Waals surface area contributed by atoms with Gasteiger partial charge >= 0.3 is 0 Å². The van der Waals surface area contributed by atoms with Gasteiger partial charge in [-0.1, -0.05) is 18.2 Å². The van der Waals surface area contributed by atoms with Crippen molar-refractivity contribution in [1.29, 1.82) is 0 Å². The van der Waals surface area contributed by atoms with Gasteiger partial charge in [0.2, 0.25) is 15.9 Å². The second kappa shape index (κ2) is 6.25. The standard InChI is InChI=1S/C16H19N3O3S/c1-23(21,22)19-10-4-6-13(11-19)16(20)18-15-9-8-12-5-2-3-7-14(12)17-15/h2-3,5,7-9,13H,4,6,10-11H2,1H3,(H,17,18,20)/t13-/m0/s1. The van der Waals surface area contributed by atoms with Gasteiger partial charge < -0.3 is 5.32 Å². The normalized spacial score (nSPS) is 19.6. The summed E-state index contributed by atoms with van der Waals surface area (Å²) >= 11 is 0. The van der Waals surface area contributed by atoms with Crippen LogP contribution in [0.1, 0.15) is 12.8 Å². The van der Waals surface area contributed by atoms with Crippen molar-refractivity contribution in [1.82, 2.24) is 9.29 Å². The molecular weight excluding hydrogens is 314 g/mol. The van der Waals surface area contributed by atoms with E-state index in [1.54, 1.807) is 6.07 Å². The van der Waals surface area contributed by atoms with Crippen LogP contribution in [0.25, 0.3) is 10.9 Å². The SMILES string of the molecule is CS(=O)(=O)N1CCC[C@H](C(=O)Nc2ccc3ccccc3n2)C1. The lowest BCUT2D eigenvalue weighted by molar-refractivity contribution is -0.120. The Morgan fingerprint density at radius 2 is 2.04 bits per heavy atom. The lowest BCUT2D eigenvalue weighted by atomic mass is 9.99. The van der Waals surface area contributed by atoms with Crippen LogP contribution in [-0.4, -0.2) is 43.0 Å². The fraction of sp³-hybridized carbons (Fsp3) is 0.375. The Labute approximate surface area is 135 Å². The number of piperidine rings is 1. The quantitative estimate of drug-likeness (QED) is 0.929. The third kappa shape index (κ3) is 3.68. The van der Waals surface area contributed by atoms with E-state index in [2.05, 4.69) is 10.3 Å². The smallest absolute Gasteiger partial charge is 0.229 e. The van der Waals surface area contributed by atoms with E-state index < -0.39 is 10.0 Å². The highest BCUT2D eigenvalue weighted by Gasteiger charge is 2.30. The number of pyridine rings is 1. The first kappa shape index (κ1) is 15.9. The van der Waals surface area contributed by atoms with Crippen LogP contribution in [0.5, 0.6) is 0 Å². The number of fused-ring (bicyclic) bond motifs is 1. The van der Waals surface area contributed by atoms with E-state index in [0.29, 0.717) is 25.2 Å². The third-order valence-corrected chi connectivity index (χ3v) is 5.34. The Morgan fingerprint density at radius 1 is 1.26 bits per heavy atom. The van der Waals surface area contributed by atoms with Crippen molar-refractivity contribution in [3.8, 4) is 0 Å². The number of hydrogen-bond acceptors (Lipinski definition) is 4. The van der Waals surface area contributed by atoms with Crippen LogP contribution in [0.15, 0.2) is 36.4 Å². The number of nitrogens with one attached hydrogen (secondary N) is 1. The van der Waals surface area contributed by atoms with Crippen LogP contribution >= 0.6 is 0 Å². The molecule has 1 saturated heterocycles. The number of aromatic nitrogens is 1. The minimum absolute atomic E-state index is 0.180. The van der Waals surface area contributed by atoms with Gasteiger partial charge in [-0.05, 0) is 31.0 Å². The van der Waals surface area contributed by atoms with Crippen molar-refractivity contribution in [3.05, 3.63) is 36.4 Å². The van der Waals surface area contributed by atoms with E-state index in [4.69, 9.17) is 0 Å². The molecule has 1 atom stereocenters. The fourth-order valence-corrected chi connectivity index (χ4v) is 3.73. The van der Waals surface area contributed by atoms with Gasteiger partial charge in [0.05, 0.1) is 17.7 Å². The van der Waals surface area contributed by atoms with E-state index in [-0.39, 0.29) is 18.4 Å². The molecule has 2 heterocycles. The third-order valence-electron chi connectivity index (χ3n) is 4.07. The summed E-state index contributed by atoms with van der Waals surface area (Å²) in [4.78, 5) is 16.8. The van der Waals surface area contributed by atoms with Gasteiger partial charge in [0.1, 0.15) is 5.82 Å². The highest BCUT2D eigenvalue weighted by molar-refractivity contribution is 7.88. The van der Waals surface area contributed by atoms with Crippen LogP contribution in [-0.2, 0) is 14.8 Å². The topological polar surface area (TPSA) is 79.4 Å². The Hall–Kier alpha value is -1.99. The molecule has 6 nitrogen and oxygen atoms in total. The molecule has 1 aromatic carbocycles. The summed E-state index contributed by atoms with van der Waals surface area (Å²) in [7, 11) is -3.26. The van der Waals surface area contributed by atoms with E-state index in [1.165, 1.54) is 10.6 Å². The fourth-order valence-electron chi connectivity index (χ4n) is 2.82. The molecule has 2 aromatic rings. The number of para-hydroxylation sites is 1. The molecule has 23 heavy (non-hydrogen) atoms. The predicted octanol–water partition coefficient (Wildman–Crippen LogP) is 1.84. The highest BCUT2D eigenvalue weighted by Crippen LogP contribution is 2.21. The van der Waals surface area contributed by atoms with E-state index in [0.717, 1.165) is 10.9 Å². The van der Waals surface area contributed by atoms with Crippen LogP contribution in [0.2, 0.25) is 0 Å². The average Bonchev–Trinajstić information content (AvgIpc) is 2.54. The molecule has 1 aromatic heterocycles. The first-order valence-electron chi connectivity index (χ1n) is 7.55. The van der Waals surface area contributed by atoms with Crippen LogP contribution in [0.3, 0.4) is 0 Å². The van der Waals surface area contributed by atoms with Gasteiger partial charge in [0.15, 0.2) is 0 Å². The molecule has 0 bridgehead atoms. The second-order valence-electron chi connectivity index (χ2n) is 5.84. The van der Waals surface area contributed by atoms with Crippen molar-refractivity contribution in [2.24, 2.45) is 5.92 Å². The maximum Gasteiger partial charge on any atom is 0.229 e. The Kier molecular flexibility index (Phi) is 4.32. The molecule has 0 aliphatic carbocycles. The molecule has 1 aliphatic rings. The second-order valence-corrected chi connectivity index (χ2v) is 7.82. The molecule has 0 saturated carbocycles. The van der Waals surface area contributed by atoms with Crippen molar-refractivity contribution in [3.63, 3.8) is 0 Å². The number of rotatable bonds is 3. The molecule has 1 aliphatic heterocycles. The molecule has 1 N–H and O–H groups in total. The maximum atomic E-state index is 12.4. The summed E-state index contributed by atoms with van der Waals surface area (Å²) in [5.74, 6) is -0.0296.